The van der Waals surface area contributed by atoms with Crippen LogP contribution in [0.5, 0.6) is 5.75 Å². The number of benzene rings is 1. The normalized spacial score (nSPS) is 29.7. The summed E-state index contributed by atoms with van der Waals surface area (Å²) in [7, 11) is 0. The number of rotatable bonds is 3. The van der Waals surface area contributed by atoms with Gasteiger partial charge in [-0.2, -0.15) is 11.8 Å². The van der Waals surface area contributed by atoms with Crippen molar-refractivity contribution in [3.8, 4) is 5.75 Å². The summed E-state index contributed by atoms with van der Waals surface area (Å²) in [5.74, 6) is 3.09. The van der Waals surface area contributed by atoms with Gasteiger partial charge in [0.25, 0.3) is 0 Å². The Bertz CT molecular complexity index is 529. The molecule has 2 aliphatic rings. The number of hydrogen-bond acceptors (Lipinski definition) is 5. The second-order valence-corrected chi connectivity index (χ2v) is 6.68. The van der Waals surface area contributed by atoms with Gasteiger partial charge >= 0.3 is 0 Å². The van der Waals surface area contributed by atoms with Crippen LogP contribution in [0.2, 0.25) is 0 Å². The first-order valence-corrected chi connectivity index (χ1v) is 8.33. The average molecular weight is 308 g/mol. The van der Waals surface area contributed by atoms with Gasteiger partial charge in [-0.05, 0) is 24.3 Å². The van der Waals surface area contributed by atoms with E-state index in [9.17, 15) is 0 Å². The highest BCUT2D eigenvalue weighted by atomic mass is 32.2. The van der Waals surface area contributed by atoms with Crippen molar-refractivity contribution in [3.05, 3.63) is 29.8 Å². The van der Waals surface area contributed by atoms with Crippen molar-refractivity contribution in [2.75, 3.05) is 18.1 Å². The average Bonchev–Trinajstić information content (AvgIpc) is 2.94. The molecule has 1 aromatic rings. The third kappa shape index (κ3) is 3.27. The first-order chi connectivity index (χ1) is 10.2. The SMILES string of the molecule is N/C(=N/O)c1cccc(OC2CCOC3(CCSC3)C2)c1. The van der Waals surface area contributed by atoms with E-state index in [0.29, 0.717) is 5.56 Å². The lowest BCUT2D eigenvalue weighted by Crippen LogP contribution is -2.43. The molecule has 3 rings (SSSR count). The first-order valence-electron chi connectivity index (χ1n) is 7.17. The molecule has 114 valence electrons. The summed E-state index contributed by atoms with van der Waals surface area (Å²) in [6.07, 6.45) is 3.12. The van der Waals surface area contributed by atoms with Crippen molar-refractivity contribution >= 4 is 17.6 Å². The van der Waals surface area contributed by atoms with Gasteiger partial charge in [0.05, 0.1) is 12.2 Å². The van der Waals surface area contributed by atoms with Crippen molar-refractivity contribution in [1.82, 2.24) is 0 Å². The van der Waals surface area contributed by atoms with E-state index in [0.717, 1.165) is 37.4 Å². The summed E-state index contributed by atoms with van der Waals surface area (Å²) in [5, 5.41) is 11.8. The van der Waals surface area contributed by atoms with Crippen LogP contribution in [0.4, 0.5) is 0 Å². The minimum absolute atomic E-state index is 0.0107. The van der Waals surface area contributed by atoms with Gasteiger partial charge < -0.3 is 20.4 Å². The Balaban J connectivity index is 1.68. The molecular weight excluding hydrogens is 288 g/mol. The summed E-state index contributed by atoms with van der Waals surface area (Å²) in [5.41, 5.74) is 6.28. The van der Waals surface area contributed by atoms with Crippen LogP contribution in [-0.4, -0.2) is 40.9 Å². The molecule has 0 aliphatic carbocycles. The zero-order chi connectivity index (χ0) is 14.7. The second kappa shape index (κ2) is 6.15. The summed E-state index contributed by atoms with van der Waals surface area (Å²) in [6.45, 7) is 0.755. The minimum atomic E-state index is 0.0107. The molecule has 0 bridgehead atoms. The molecule has 2 saturated heterocycles. The molecule has 2 unspecified atom stereocenters. The number of oxime groups is 1. The molecule has 0 radical (unpaired) electrons. The van der Waals surface area contributed by atoms with Crippen LogP contribution in [0.25, 0.3) is 0 Å². The summed E-state index contributed by atoms with van der Waals surface area (Å²) < 4.78 is 12.1. The van der Waals surface area contributed by atoms with Gasteiger partial charge in [-0.3, -0.25) is 0 Å². The fourth-order valence-electron chi connectivity index (χ4n) is 2.93. The molecular formula is C15H20N2O3S. The van der Waals surface area contributed by atoms with Crippen LogP contribution in [0.1, 0.15) is 24.8 Å². The first kappa shape index (κ1) is 14.5. The molecule has 21 heavy (non-hydrogen) atoms. The molecule has 3 N–H and O–H groups in total. The van der Waals surface area contributed by atoms with Gasteiger partial charge in [-0.25, -0.2) is 0 Å². The van der Waals surface area contributed by atoms with E-state index in [1.807, 2.05) is 23.9 Å². The van der Waals surface area contributed by atoms with E-state index < -0.39 is 0 Å². The van der Waals surface area contributed by atoms with Crippen molar-refractivity contribution in [1.29, 1.82) is 0 Å². The summed E-state index contributed by atoms with van der Waals surface area (Å²) >= 11 is 1.96. The summed E-state index contributed by atoms with van der Waals surface area (Å²) in [6, 6.07) is 7.35. The molecule has 2 fully saturated rings. The fourth-order valence-corrected chi connectivity index (χ4v) is 4.30. The van der Waals surface area contributed by atoms with E-state index in [2.05, 4.69) is 5.16 Å². The quantitative estimate of drug-likeness (QED) is 0.387. The van der Waals surface area contributed by atoms with Crippen LogP contribution < -0.4 is 10.5 Å². The largest absolute Gasteiger partial charge is 0.490 e. The summed E-state index contributed by atoms with van der Waals surface area (Å²) in [4.78, 5) is 0. The van der Waals surface area contributed by atoms with Crippen LogP contribution >= 0.6 is 11.8 Å². The standard InChI is InChI=1S/C15H20N2O3S/c16-14(17-18)11-2-1-3-12(8-11)20-13-4-6-19-15(9-13)5-7-21-10-15/h1-3,8,13,18H,4-7,9-10H2,(H2,16,17). The molecule has 1 spiro atoms. The number of nitrogens with zero attached hydrogens (tertiary/aromatic N) is 1. The lowest BCUT2D eigenvalue weighted by atomic mass is 9.91. The van der Waals surface area contributed by atoms with Gasteiger partial charge in [0, 0.05) is 24.2 Å². The van der Waals surface area contributed by atoms with E-state index in [1.165, 1.54) is 5.75 Å². The van der Waals surface area contributed by atoms with Crippen molar-refractivity contribution in [2.45, 2.75) is 31.0 Å². The molecule has 1 aromatic carbocycles. The predicted molar refractivity (Wildman–Crippen MR) is 83.2 cm³/mol. The van der Waals surface area contributed by atoms with Gasteiger partial charge in [-0.1, -0.05) is 17.3 Å². The predicted octanol–water partition coefficient (Wildman–Crippen LogP) is 2.21. The highest BCUT2D eigenvalue weighted by Crippen LogP contribution is 2.39. The molecule has 6 heteroatoms. The maximum Gasteiger partial charge on any atom is 0.170 e. The third-order valence-electron chi connectivity index (χ3n) is 4.06. The van der Waals surface area contributed by atoms with Gasteiger partial charge in [0.2, 0.25) is 0 Å². The van der Waals surface area contributed by atoms with Crippen LogP contribution in [0, 0.1) is 0 Å². The molecule has 0 aromatic heterocycles. The Morgan fingerprint density at radius 3 is 3.19 bits per heavy atom. The minimum Gasteiger partial charge on any atom is -0.490 e. The van der Waals surface area contributed by atoms with Gasteiger partial charge in [0.1, 0.15) is 11.9 Å². The zero-order valence-electron chi connectivity index (χ0n) is 11.8. The highest BCUT2D eigenvalue weighted by Gasteiger charge is 2.41. The monoisotopic (exact) mass is 308 g/mol. The number of thioether (sulfide) groups is 1. The Morgan fingerprint density at radius 2 is 2.43 bits per heavy atom. The molecule has 2 atom stereocenters. The zero-order valence-corrected chi connectivity index (χ0v) is 12.6. The number of ether oxygens (including phenoxy) is 2. The Hall–Kier alpha value is -1.40. The van der Waals surface area contributed by atoms with E-state index in [1.54, 1.807) is 12.1 Å². The molecule has 0 amide bonds. The molecule has 2 heterocycles. The second-order valence-electron chi connectivity index (χ2n) is 5.58. The maximum atomic E-state index is 8.74. The Labute approximate surface area is 128 Å². The number of amidine groups is 1. The van der Waals surface area contributed by atoms with Crippen molar-refractivity contribution < 1.29 is 14.7 Å². The smallest absolute Gasteiger partial charge is 0.170 e. The van der Waals surface area contributed by atoms with Crippen LogP contribution in [0.15, 0.2) is 29.4 Å². The fraction of sp³-hybridized carbons (Fsp3) is 0.533. The third-order valence-corrected chi connectivity index (χ3v) is 5.28. The maximum absolute atomic E-state index is 8.74. The van der Waals surface area contributed by atoms with E-state index in [-0.39, 0.29) is 17.5 Å². The number of hydrogen-bond donors (Lipinski definition) is 2. The van der Waals surface area contributed by atoms with Crippen LogP contribution in [0.3, 0.4) is 0 Å². The highest BCUT2D eigenvalue weighted by molar-refractivity contribution is 7.99. The van der Waals surface area contributed by atoms with Crippen LogP contribution in [-0.2, 0) is 4.74 Å². The molecule has 0 saturated carbocycles. The van der Waals surface area contributed by atoms with E-state index in [4.69, 9.17) is 20.4 Å². The lowest BCUT2D eigenvalue weighted by molar-refractivity contribution is -0.0958. The Kier molecular flexibility index (Phi) is 4.26. The van der Waals surface area contributed by atoms with Gasteiger partial charge in [-0.15, -0.1) is 0 Å². The molecule has 2 aliphatic heterocycles. The topological polar surface area (TPSA) is 77.1 Å². The van der Waals surface area contributed by atoms with Crippen molar-refractivity contribution in [3.63, 3.8) is 0 Å². The van der Waals surface area contributed by atoms with Gasteiger partial charge in [0.15, 0.2) is 5.84 Å². The number of nitrogens with two attached hydrogens (primary N) is 1. The van der Waals surface area contributed by atoms with Crippen molar-refractivity contribution in [2.24, 2.45) is 10.9 Å². The van der Waals surface area contributed by atoms with E-state index >= 15 is 0 Å². The Morgan fingerprint density at radius 1 is 1.52 bits per heavy atom. The lowest BCUT2D eigenvalue weighted by Gasteiger charge is -2.37. The molecule has 5 nitrogen and oxygen atoms in total.